The van der Waals surface area contributed by atoms with Gasteiger partial charge in [-0.1, -0.05) is 24.3 Å². The summed E-state index contributed by atoms with van der Waals surface area (Å²) < 4.78 is 13.7. The van der Waals surface area contributed by atoms with Gasteiger partial charge in [-0.3, -0.25) is 0 Å². The van der Waals surface area contributed by atoms with Gasteiger partial charge in [-0.25, -0.2) is 4.39 Å². The van der Waals surface area contributed by atoms with Gasteiger partial charge in [0.25, 0.3) is 0 Å². The monoisotopic (exact) mass is 403 g/mol. The van der Waals surface area contributed by atoms with Crippen molar-refractivity contribution in [2.45, 2.75) is 38.0 Å². The van der Waals surface area contributed by atoms with Gasteiger partial charge in [0.2, 0.25) is 0 Å². The number of piperidine rings is 1. The van der Waals surface area contributed by atoms with Gasteiger partial charge >= 0.3 is 0 Å². The molecule has 2 aliphatic rings. The summed E-state index contributed by atoms with van der Waals surface area (Å²) in [5.74, 6) is 0.388. The molecule has 0 unspecified atom stereocenters. The second kappa shape index (κ2) is 8.65. The maximum atomic E-state index is 13.7. The third kappa shape index (κ3) is 4.01. The van der Waals surface area contributed by atoms with Gasteiger partial charge in [0.15, 0.2) is 0 Å². The van der Waals surface area contributed by atoms with Crippen molar-refractivity contribution < 1.29 is 4.39 Å². The van der Waals surface area contributed by atoms with Crippen LogP contribution < -0.4 is 4.90 Å². The van der Waals surface area contributed by atoms with Crippen molar-refractivity contribution in [1.82, 2.24) is 9.88 Å². The van der Waals surface area contributed by atoms with E-state index in [1.165, 1.54) is 42.3 Å². The Morgan fingerprint density at radius 1 is 1.00 bits per heavy atom. The molecule has 0 radical (unpaired) electrons. The summed E-state index contributed by atoms with van der Waals surface area (Å²) in [6.45, 7) is 4.54. The van der Waals surface area contributed by atoms with E-state index in [1.807, 2.05) is 6.07 Å². The molecule has 1 N–H and O–H groups in total. The van der Waals surface area contributed by atoms with Crippen LogP contribution in [0, 0.1) is 5.82 Å². The lowest BCUT2D eigenvalue weighted by atomic mass is 9.89. The number of allylic oxidation sites excluding steroid dienone is 1. The van der Waals surface area contributed by atoms with Gasteiger partial charge in [0.1, 0.15) is 5.82 Å². The molecule has 3 nitrogen and oxygen atoms in total. The van der Waals surface area contributed by atoms with E-state index in [0.717, 1.165) is 49.8 Å². The average molecular weight is 404 g/mol. The first-order chi connectivity index (χ1) is 14.8. The summed E-state index contributed by atoms with van der Waals surface area (Å²) >= 11 is 0. The highest BCUT2D eigenvalue weighted by Gasteiger charge is 2.23. The molecule has 0 saturated carbocycles. The minimum atomic E-state index is -0.146. The zero-order valence-electron chi connectivity index (χ0n) is 17.5. The number of aromatic amines is 1. The summed E-state index contributed by atoms with van der Waals surface area (Å²) in [5, 5.41) is 1.06. The molecule has 4 heteroatoms. The summed E-state index contributed by atoms with van der Waals surface area (Å²) in [6, 6.07) is 13.8. The lowest BCUT2D eigenvalue weighted by molar-refractivity contribution is 0.209. The Morgan fingerprint density at radius 3 is 2.73 bits per heavy atom. The van der Waals surface area contributed by atoms with Crippen LogP contribution in [-0.4, -0.2) is 36.1 Å². The van der Waals surface area contributed by atoms with E-state index in [-0.39, 0.29) is 5.82 Å². The molecule has 2 aromatic carbocycles. The number of benzene rings is 2. The molecule has 0 spiro atoms. The Labute approximate surface area is 178 Å². The minimum absolute atomic E-state index is 0.146. The number of anilines is 1. The van der Waals surface area contributed by atoms with E-state index in [4.69, 9.17) is 0 Å². The first-order valence-corrected chi connectivity index (χ1v) is 11.3. The van der Waals surface area contributed by atoms with Crippen LogP contribution in [-0.2, 0) is 6.42 Å². The Bertz CT molecular complexity index is 1030. The molecule has 156 valence electrons. The quantitative estimate of drug-likeness (QED) is 0.522. The zero-order valence-corrected chi connectivity index (χ0v) is 17.5. The summed E-state index contributed by atoms with van der Waals surface area (Å²) in [6.07, 6.45) is 12.4. The topological polar surface area (TPSA) is 22.3 Å². The normalized spacial score (nSPS) is 17.6. The minimum Gasteiger partial charge on any atom is -0.361 e. The lowest BCUT2D eigenvalue weighted by Crippen LogP contribution is -2.34. The highest BCUT2D eigenvalue weighted by Crippen LogP contribution is 2.33. The Morgan fingerprint density at radius 2 is 1.83 bits per heavy atom. The number of likely N-dealkylation sites (tertiary alicyclic amines) is 1. The third-order valence-corrected chi connectivity index (χ3v) is 6.75. The fraction of sp³-hybridized carbons (Fsp3) is 0.385. The van der Waals surface area contributed by atoms with Crippen molar-refractivity contribution >= 4 is 16.6 Å². The first kappa shape index (κ1) is 19.4. The van der Waals surface area contributed by atoms with Gasteiger partial charge < -0.3 is 14.8 Å². The van der Waals surface area contributed by atoms with Crippen molar-refractivity contribution in [1.29, 1.82) is 0 Å². The third-order valence-electron chi connectivity index (χ3n) is 6.75. The highest BCUT2D eigenvalue weighted by molar-refractivity contribution is 5.83. The maximum Gasteiger partial charge on any atom is 0.123 e. The van der Waals surface area contributed by atoms with Gasteiger partial charge in [0.05, 0.1) is 0 Å². The van der Waals surface area contributed by atoms with Gasteiger partial charge in [-0.05, 0) is 93.0 Å². The van der Waals surface area contributed by atoms with Gasteiger partial charge in [-0.15, -0.1) is 0 Å². The van der Waals surface area contributed by atoms with E-state index < -0.39 is 0 Å². The lowest BCUT2D eigenvalue weighted by Gasteiger charge is -2.32. The molecule has 3 aromatic rings. The molecule has 1 saturated heterocycles. The second-order valence-electron chi connectivity index (χ2n) is 8.67. The molecule has 3 heterocycles. The van der Waals surface area contributed by atoms with Crippen molar-refractivity contribution in [2.24, 2.45) is 0 Å². The van der Waals surface area contributed by atoms with Crippen LogP contribution in [0.25, 0.3) is 10.9 Å². The van der Waals surface area contributed by atoms with E-state index >= 15 is 0 Å². The molecule has 2 aliphatic heterocycles. The number of hydrogen-bond donors (Lipinski definition) is 1. The Kier molecular flexibility index (Phi) is 5.58. The number of para-hydroxylation sites is 1. The fourth-order valence-electron chi connectivity index (χ4n) is 5.08. The number of halogens is 1. The van der Waals surface area contributed by atoms with Crippen molar-refractivity contribution in [3.05, 3.63) is 77.9 Å². The van der Waals surface area contributed by atoms with Crippen LogP contribution in [0.2, 0.25) is 0 Å². The molecular weight excluding hydrogens is 373 g/mol. The molecule has 0 bridgehead atoms. The summed E-state index contributed by atoms with van der Waals surface area (Å²) in [5.41, 5.74) is 5.14. The number of nitrogens with one attached hydrogen (secondary N) is 1. The van der Waals surface area contributed by atoms with Crippen molar-refractivity contribution in [3.8, 4) is 0 Å². The summed E-state index contributed by atoms with van der Waals surface area (Å²) in [7, 11) is 0. The number of fused-ring (bicyclic) bond motifs is 2. The average Bonchev–Trinajstić information content (AvgIpc) is 3.20. The van der Waals surface area contributed by atoms with Crippen molar-refractivity contribution in [3.63, 3.8) is 0 Å². The number of hydrogen-bond acceptors (Lipinski definition) is 2. The molecule has 0 aliphatic carbocycles. The van der Waals surface area contributed by atoms with E-state index in [2.05, 4.69) is 57.5 Å². The van der Waals surface area contributed by atoms with Crippen LogP contribution in [0.1, 0.15) is 42.7 Å². The number of unbranched alkanes of at least 4 members (excludes halogenated alkanes) is 1. The summed E-state index contributed by atoms with van der Waals surface area (Å²) in [4.78, 5) is 8.32. The molecule has 1 fully saturated rings. The van der Waals surface area contributed by atoms with E-state index in [0.29, 0.717) is 5.92 Å². The Hall–Kier alpha value is -2.59. The predicted octanol–water partition coefficient (Wildman–Crippen LogP) is 5.84. The predicted molar refractivity (Wildman–Crippen MR) is 123 cm³/mol. The highest BCUT2D eigenvalue weighted by atomic mass is 19.1. The Balaban J connectivity index is 1.09. The van der Waals surface area contributed by atoms with Crippen LogP contribution in [0.15, 0.2) is 60.9 Å². The first-order valence-electron chi connectivity index (χ1n) is 11.3. The molecule has 30 heavy (non-hydrogen) atoms. The SMILES string of the molecule is Fc1ccc2[nH]cc(C3CCN(CCCCN4C=CCc5ccccc54)CC3)c2c1. The van der Waals surface area contributed by atoms with E-state index in [9.17, 15) is 4.39 Å². The number of rotatable bonds is 6. The second-order valence-corrected chi connectivity index (χ2v) is 8.67. The van der Waals surface area contributed by atoms with Crippen LogP contribution in [0.3, 0.4) is 0 Å². The molecule has 1 aromatic heterocycles. The maximum absolute atomic E-state index is 13.7. The number of H-pyrrole nitrogens is 1. The number of aromatic nitrogens is 1. The standard InChI is InChI=1S/C26H30FN3/c27-22-9-10-25-23(18-22)24(19-28-25)20-11-16-29(17-12-20)13-3-4-14-30-15-5-7-21-6-1-2-8-26(21)30/h1-2,5-6,8-10,15,18-20,28H,3-4,7,11-14,16-17H2. The van der Waals surface area contributed by atoms with Gasteiger partial charge in [-0.2, -0.15) is 0 Å². The molecular formula is C26H30FN3. The molecule has 0 atom stereocenters. The fourth-order valence-corrected chi connectivity index (χ4v) is 5.08. The van der Waals surface area contributed by atoms with Crippen molar-refractivity contribution in [2.75, 3.05) is 31.1 Å². The largest absolute Gasteiger partial charge is 0.361 e. The molecule has 5 rings (SSSR count). The zero-order chi connectivity index (χ0) is 20.3. The molecule has 0 amide bonds. The van der Waals surface area contributed by atoms with Crippen LogP contribution >= 0.6 is 0 Å². The number of nitrogens with zero attached hydrogens (tertiary/aromatic N) is 2. The van der Waals surface area contributed by atoms with Crippen LogP contribution in [0.4, 0.5) is 10.1 Å². The van der Waals surface area contributed by atoms with Gasteiger partial charge in [0, 0.05) is 35.5 Å². The van der Waals surface area contributed by atoms with Crippen LogP contribution in [0.5, 0.6) is 0 Å². The van der Waals surface area contributed by atoms with E-state index in [1.54, 1.807) is 6.07 Å². The smallest absolute Gasteiger partial charge is 0.123 e.